The Kier molecular flexibility index (Phi) is 4.58. The minimum Gasteiger partial charge on any atom is -0.327 e. The predicted octanol–water partition coefficient (Wildman–Crippen LogP) is 2.31. The molecule has 1 aromatic rings. The van der Waals surface area contributed by atoms with Crippen LogP contribution in [0.5, 0.6) is 0 Å². The van der Waals surface area contributed by atoms with Gasteiger partial charge >= 0.3 is 0 Å². The van der Waals surface area contributed by atoms with Gasteiger partial charge in [-0.3, -0.25) is 4.79 Å². The first kappa shape index (κ1) is 14.1. The quantitative estimate of drug-likeness (QED) is 0.876. The lowest BCUT2D eigenvalue weighted by Gasteiger charge is -2.28. The van der Waals surface area contributed by atoms with E-state index < -0.39 is 0 Å². The third kappa shape index (κ3) is 3.56. The first-order valence-electron chi connectivity index (χ1n) is 7.17. The normalized spacial score (nSPS) is 23.6. The van der Waals surface area contributed by atoms with Crippen molar-refractivity contribution in [3.63, 3.8) is 0 Å². The molecule has 1 aliphatic carbocycles. The molecule has 0 aliphatic heterocycles. The fraction of sp³-hybridized carbons (Fsp3) is 0.714. The Morgan fingerprint density at radius 1 is 1.53 bits per heavy atom. The summed E-state index contributed by atoms with van der Waals surface area (Å²) in [5, 5.41) is 7.15. The molecule has 1 saturated carbocycles. The highest BCUT2D eigenvalue weighted by Crippen LogP contribution is 2.26. The van der Waals surface area contributed by atoms with E-state index in [1.165, 1.54) is 12.8 Å². The van der Waals surface area contributed by atoms with Crippen LogP contribution in [0.2, 0.25) is 0 Å². The second-order valence-electron chi connectivity index (χ2n) is 5.72. The summed E-state index contributed by atoms with van der Waals surface area (Å²) in [4.78, 5) is 12.1. The van der Waals surface area contributed by atoms with Gasteiger partial charge in [-0.05, 0) is 32.6 Å². The molecule has 0 saturated heterocycles. The third-order valence-electron chi connectivity index (χ3n) is 3.84. The average Bonchev–Trinajstić information content (AvgIpc) is 2.80. The second-order valence-corrected chi connectivity index (χ2v) is 5.72. The molecule has 1 aliphatic rings. The molecule has 1 heterocycles. The topological polar surface area (TPSA) is 72.9 Å². The number of aromatic nitrogens is 2. The number of hydrogen-bond donors (Lipinski definition) is 2. The van der Waals surface area contributed by atoms with E-state index >= 15 is 0 Å². The summed E-state index contributed by atoms with van der Waals surface area (Å²) in [6, 6.07) is 2.25. The average molecular weight is 264 g/mol. The van der Waals surface area contributed by atoms with Crippen molar-refractivity contribution in [1.29, 1.82) is 0 Å². The number of amides is 1. The lowest BCUT2D eigenvalue weighted by Crippen LogP contribution is -2.35. The minimum absolute atomic E-state index is 0.0461. The van der Waals surface area contributed by atoms with Crippen molar-refractivity contribution in [2.75, 3.05) is 5.32 Å². The Hall–Kier alpha value is -1.36. The van der Waals surface area contributed by atoms with Gasteiger partial charge in [0.1, 0.15) is 5.82 Å². The second kappa shape index (κ2) is 6.19. The van der Waals surface area contributed by atoms with Crippen molar-refractivity contribution in [1.82, 2.24) is 9.78 Å². The molecule has 0 spiro atoms. The molecule has 1 amide bonds. The van der Waals surface area contributed by atoms with Gasteiger partial charge in [-0.15, -0.1) is 0 Å². The first-order chi connectivity index (χ1) is 9.08. The highest BCUT2D eigenvalue weighted by molar-refractivity contribution is 5.90. The summed E-state index contributed by atoms with van der Waals surface area (Å²) < 4.78 is 1.82. The zero-order valence-electron chi connectivity index (χ0n) is 11.8. The summed E-state index contributed by atoms with van der Waals surface area (Å²) in [5.74, 6) is 1.14. The smallest absolute Gasteiger partial charge is 0.225 e. The molecule has 0 radical (unpaired) electrons. The predicted molar refractivity (Wildman–Crippen MR) is 75.8 cm³/mol. The number of nitrogens with two attached hydrogens (primary N) is 1. The van der Waals surface area contributed by atoms with Gasteiger partial charge in [-0.2, -0.15) is 5.10 Å². The van der Waals surface area contributed by atoms with E-state index in [9.17, 15) is 4.79 Å². The molecule has 2 rings (SSSR count). The molecule has 0 aromatic carbocycles. The Morgan fingerprint density at radius 3 is 2.95 bits per heavy atom. The molecule has 5 heteroatoms. The number of anilines is 1. The van der Waals surface area contributed by atoms with E-state index in [-0.39, 0.29) is 18.0 Å². The van der Waals surface area contributed by atoms with Crippen molar-refractivity contribution in [3.8, 4) is 0 Å². The molecular formula is C14H24N4O. The SMILES string of the molecule is CC(C)n1nccc1NC(=O)CC1CCCCC1N. The largest absolute Gasteiger partial charge is 0.327 e. The van der Waals surface area contributed by atoms with Crippen LogP contribution in [0.4, 0.5) is 5.82 Å². The molecule has 0 bridgehead atoms. The van der Waals surface area contributed by atoms with E-state index in [4.69, 9.17) is 5.73 Å². The zero-order valence-corrected chi connectivity index (χ0v) is 11.8. The Bertz CT molecular complexity index is 427. The molecule has 3 N–H and O–H groups in total. The molecule has 1 aromatic heterocycles. The van der Waals surface area contributed by atoms with Crippen molar-refractivity contribution in [2.24, 2.45) is 11.7 Å². The fourth-order valence-electron chi connectivity index (χ4n) is 2.75. The monoisotopic (exact) mass is 264 g/mol. The molecule has 5 nitrogen and oxygen atoms in total. The molecule has 19 heavy (non-hydrogen) atoms. The number of hydrogen-bond acceptors (Lipinski definition) is 3. The lowest BCUT2D eigenvalue weighted by molar-refractivity contribution is -0.117. The molecule has 2 atom stereocenters. The maximum absolute atomic E-state index is 12.1. The van der Waals surface area contributed by atoms with E-state index in [1.54, 1.807) is 6.20 Å². The van der Waals surface area contributed by atoms with Crippen LogP contribution in [0.1, 0.15) is 52.0 Å². The van der Waals surface area contributed by atoms with Crippen LogP contribution >= 0.6 is 0 Å². The van der Waals surface area contributed by atoms with Crippen LogP contribution in [0.15, 0.2) is 12.3 Å². The van der Waals surface area contributed by atoms with Gasteiger partial charge in [-0.25, -0.2) is 4.68 Å². The maximum Gasteiger partial charge on any atom is 0.225 e. The van der Waals surface area contributed by atoms with Crippen LogP contribution in [-0.4, -0.2) is 21.7 Å². The van der Waals surface area contributed by atoms with Crippen molar-refractivity contribution in [3.05, 3.63) is 12.3 Å². The Morgan fingerprint density at radius 2 is 2.26 bits per heavy atom. The molecule has 1 fully saturated rings. The van der Waals surface area contributed by atoms with Gasteiger partial charge in [0.25, 0.3) is 0 Å². The van der Waals surface area contributed by atoms with Crippen LogP contribution in [-0.2, 0) is 4.79 Å². The summed E-state index contributed by atoms with van der Waals surface area (Å²) in [6.07, 6.45) is 6.72. The van der Waals surface area contributed by atoms with Gasteiger partial charge < -0.3 is 11.1 Å². The molecule has 106 valence electrons. The van der Waals surface area contributed by atoms with Gasteiger partial charge in [-0.1, -0.05) is 12.8 Å². The maximum atomic E-state index is 12.1. The van der Waals surface area contributed by atoms with Gasteiger partial charge in [0, 0.05) is 24.6 Å². The van der Waals surface area contributed by atoms with E-state index in [0.717, 1.165) is 18.7 Å². The van der Waals surface area contributed by atoms with Crippen molar-refractivity contribution in [2.45, 2.75) is 58.0 Å². The van der Waals surface area contributed by atoms with Crippen LogP contribution in [0, 0.1) is 5.92 Å². The van der Waals surface area contributed by atoms with Crippen LogP contribution < -0.4 is 11.1 Å². The lowest BCUT2D eigenvalue weighted by atomic mass is 9.83. The van der Waals surface area contributed by atoms with Crippen molar-refractivity contribution >= 4 is 11.7 Å². The van der Waals surface area contributed by atoms with E-state index in [0.29, 0.717) is 12.3 Å². The van der Waals surface area contributed by atoms with E-state index in [2.05, 4.69) is 10.4 Å². The van der Waals surface area contributed by atoms with Crippen molar-refractivity contribution < 1.29 is 4.79 Å². The Balaban J connectivity index is 1.92. The standard InChI is InChI=1S/C14H24N4O/c1-10(2)18-13(7-8-16-18)17-14(19)9-11-5-3-4-6-12(11)15/h7-8,10-12H,3-6,9,15H2,1-2H3,(H,17,19). The highest BCUT2D eigenvalue weighted by atomic mass is 16.1. The number of nitrogens with zero attached hydrogens (tertiary/aromatic N) is 2. The fourth-order valence-corrected chi connectivity index (χ4v) is 2.75. The summed E-state index contributed by atoms with van der Waals surface area (Å²) in [5.41, 5.74) is 6.08. The number of carbonyl (C=O) groups excluding carboxylic acids is 1. The number of rotatable bonds is 4. The molecular weight excluding hydrogens is 240 g/mol. The van der Waals surface area contributed by atoms with Gasteiger partial charge in [0.05, 0.1) is 6.20 Å². The summed E-state index contributed by atoms with van der Waals surface area (Å²) in [6.45, 7) is 4.08. The third-order valence-corrected chi connectivity index (χ3v) is 3.84. The minimum atomic E-state index is 0.0461. The molecule has 2 unspecified atom stereocenters. The van der Waals surface area contributed by atoms with E-state index in [1.807, 2.05) is 24.6 Å². The van der Waals surface area contributed by atoms with Gasteiger partial charge in [0.2, 0.25) is 5.91 Å². The number of nitrogens with one attached hydrogen (secondary N) is 1. The summed E-state index contributed by atoms with van der Waals surface area (Å²) >= 11 is 0. The van der Waals surface area contributed by atoms with Crippen LogP contribution in [0.3, 0.4) is 0 Å². The summed E-state index contributed by atoms with van der Waals surface area (Å²) in [7, 11) is 0. The highest BCUT2D eigenvalue weighted by Gasteiger charge is 2.24. The number of carbonyl (C=O) groups is 1. The first-order valence-corrected chi connectivity index (χ1v) is 7.17. The Labute approximate surface area is 114 Å². The van der Waals surface area contributed by atoms with Crippen LogP contribution in [0.25, 0.3) is 0 Å². The van der Waals surface area contributed by atoms with Gasteiger partial charge in [0.15, 0.2) is 0 Å². The zero-order chi connectivity index (χ0) is 13.8.